The summed E-state index contributed by atoms with van der Waals surface area (Å²) in [4.78, 5) is 21.6. The topological polar surface area (TPSA) is 106 Å². The van der Waals surface area contributed by atoms with Crippen LogP contribution in [0, 0.1) is 0 Å². The molecule has 0 saturated carbocycles. The Morgan fingerprint density at radius 1 is 1.53 bits per heavy atom. The molecule has 2 aromatic heterocycles. The molecule has 0 aliphatic carbocycles. The summed E-state index contributed by atoms with van der Waals surface area (Å²) in [7, 11) is 1.41. The van der Waals surface area contributed by atoms with E-state index >= 15 is 0 Å². The zero-order valence-corrected chi connectivity index (χ0v) is 9.14. The molecule has 2 aromatic rings. The molecule has 0 unspecified atom stereocenters. The number of H-pyrrole nitrogens is 1. The maximum Gasteiger partial charge on any atom is 0.295 e. The molecule has 0 atom stereocenters. The molecule has 2 N–H and O–H groups in total. The maximum atomic E-state index is 11.4. The van der Waals surface area contributed by atoms with E-state index in [9.17, 15) is 4.79 Å². The summed E-state index contributed by atoms with van der Waals surface area (Å²) in [5.41, 5.74) is -0.331. The zero-order valence-electron chi connectivity index (χ0n) is 9.14. The third-order valence-electron chi connectivity index (χ3n) is 2.05. The standard InChI is InChI=1S/C9H11N5O3/c1-16-7-8(12-4-13-9(7)15)10-3-2-6-11-5-14-17-6/h4-5H,2-3H2,1H3,(H2,10,12,13,15). The first-order valence-electron chi connectivity index (χ1n) is 4.92. The second-order valence-electron chi connectivity index (χ2n) is 3.13. The summed E-state index contributed by atoms with van der Waals surface area (Å²) in [6, 6.07) is 0. The Balaban J connectivity index is 1.99. The van der Waals surface area contributed by atoms with Crippen molar-refractivity contribution in [1.82, 2.24) is 20.1 Å². The minimum atomic E-state index is -0.331. The number of rotatable bonds is 5. The van der Waals surface area contributed by atoms with Gasteiger partial charge in [0.15, 0.2) is 12.1 Å². The van der Waals surface area contributed by atoms with Crippen molar-refractivity contribution in [3.05, 3.63) is 28.9 Å². The summed E-state index contributed by atoms with van der Waals surface area (Å²) in [6.45, 7) is 0.509. The highest BCUT2D eigenvalue weighted by molar-refractivity contribution is 5.47. The number of aromatic nitrogens is 4. The molecule has 0 aliphatic heterocycles. The SMILES string of the molecule is COc1c(NCCc2ncno2)nc[nH]c1=O. The first-order valence-corrected chi connectivity index (χ1v) is 4.92. The molecular weight excluding hydrogens is 226 g/mol. The molecule has 0 radical (unpaired) electrons. The molecule has 90 valence electrons. The molecule has 0 saturated heterocycles. The van der Waals surface area contributed by atoms with Crippen LogP contribution in [0.2, 0.25) is 0 Å². The number of ether oxygens (including phenoxy) is 1. The van der Waals surface area contributed by atoms with Crippen LogP contribution in [0.4, 0.5) is 5.82 Å². The Labute approximate surface area is 96.0 Å². The number of hydrogen-bond acceptors (Lipinski definition) is 7. The minimum Gasteiger partial charge on any atom is -0.489 e. The van der Waals surface area contributed by atoms with E-state index in [2.05, 4.69) is 25.4 Å². The van der Waals surface area contributed by atoms with Gasteiger partial charge in [-0.05, 0) is 0 Å². The molecule has 0 aromatic carbocycles. The van der Waals surface area contributed by atoms with Crippen molar-refractivity contribution < 1.29 is 9.26 Å². The fourth-order valence-electron chi connectivity index (χ4n) is 1.30. The monoisotopic (exact) mass is 237 g/mol. The molecule has 17 heavy (non-hydrogen) atoms. The average Bonchev–Trinajstić information content (AvgIpc) is 2.82. The molecule has 0 aliphatic rings. The lowest BCUT2D eigenvalue weighted by Crippen LogP contribution is -2.15. The first-order chi connectivity index (χ1) is 8.31. The lowest BCUT2D eigenvalue weighted by Gasteiger charge is -2.07. The van der Waals surface area contributed by atoms with E-state index in [-0.39, 0.29) is 11.3 Å². The fourth-order valence-corrected chi connectivity index (χ4v) is 1.30. The number of hydrogen-bond donors (Lipinski definition) is 2. The smallest absolute Gasteiger partial charge is 0.295 e. The lowest BCUT2D eigenvalue weighted by molar-refractivity contribution is 0.379. The van der Waals surface area contributed by atoms with Crippen molar-refractivity contribution in [2.24, 2.45) is 0 Å². The minimum absolute atomic E-state index is 0.151. The molecule has 0 fully saturated rings. The Hall–Kier alpha value is -2.38. The van der Waals surface area contributed by atoms with Gasteiger partial charge in [-0.3, -0.25) is 4.79 Å². The quantitative estimate of drug-likeness (QED) is 0.742. The Morgan fingerprint density at radius 3 is 3.12 bits per heavy atom. The molecule has 2 heterocycles. The fraction of sp³-hybridized carbons (Fsp3) is 0.333. The van der Waals surface area contributed by atoms with Crippen LogP contribution in [0.15, 0.2) is 22.0 Å². The number of aromatic amines is 1. The number of nitrogens with zero attached hydrogens (tertiary/aromatic N) is 3. The third kappa shape index (κ3) is 2.60. The highest BCUT2D eigenvalue weighted by atomic mass is 16.5. The van der Waals surface area contributed by atoms with E-state index in [1.54, 1.807) is 0 Å². The molecule has 2 rings (SSSR count). The molecule has 0 amide bonds. The van der Waals surface area contributed by atoms with Crippen molar-refractivity contribution in [2.45, 2.75) is 6.42 Å². The van der Waals surface area contributed by atoms with Gasteiger partial charge in [0.25, 0.3) is 5.56 Å². The van der Waals surface area contributed by atoms with Crippen LogP contribution >= 0.6 is 0 Å². The Morgan fingerprint density at radius 2 is 2.41 bits per heavy atom. The number of methoxy groups -OCH3 is 1. The van der Waals surface area contributed by atoms with E-state index in [4.69, 9.17) is 9.26 Å². The normalized spacial score (nSPS) is 10.2. The molecule has 8 nitrogen and oxygen atoms in total. The van der Waals surface area contributed by atoms with Crippen molar-refractivity contribution >= 4 is 5.82 Å². The van der Waals surface area contributed by atoms with E-state index in [1.807, 2.05) is 0 Å². The summed E-state index contributed by atoms with van der Waals surface area (Å²) < 4.78 is 9.77. The predicted molar refractivity (Wildman–Crippen MR) is 57.9 cm³/mol. The second-order valence-corrected chi connectivity index (χ2v) is 3.13. The van der Waals surface area contributed by atoms with Gasteiger partial charge in [-0.25, -0.2) is 4.98 Å². The average molecular weight is 237 g/mol. The van der Waals surface area contributed by atoms with Gasteiger partial charge in [0.05, 0.1) is 13.4 Å². The first kappa shape index (κ1) is 11.1. The van der Waals surface area contributed by atoms with Gasteiger partial charge in [-0.2, -0.15) is 4.98 Å². The Bertz CT molecular complexity index is 522. The highest BCUT2D eigenvalue weighted by Gasteiger charge is 2.08. The van der Waals surface area contributed by atoms with E-state index in [1.165, 1.54) is 19.8 Å². The summed E-state index contributed by atoms with van der Waals surface area (Å²) >= 11 is 0. The second kappa shape index (κ2) is 5.10. The van der Waals surface area contributed by atoms with Gasteiger partial charge >= 0.3 is 0 Å². The van der Waals surface area contributed by atoms with Crippen molar-refractivity contribution in [3.63, 3.8) is 0 Å². The largest absolute Gasteiger partial charge is 0.489 e. The highest BCUT2D eigenvalue weighted by Crippen LogP contribution is 2.13. The summed E-state index contributed by atoms with van der Waals surface area (Å²) in [5, 5.41) is 6.45. The van der Waals surface area contributed by atoms with Gasteiger partial charge in [-0.15, -0.1) is 0 Å². The van der Waals surface area contributed by atoms with Gasteiger partial charge < -0.3 is 19.6 Å². The summed E-state index contributed by atoms with van der Waals surface area (Å²) in [5.74, 6) is 1.05. The number of anilines is 1. The van der Waals surface area contributed by atoms with Crippen LogP contribution < -0.4 is 15.6 Å². The summed E-state index contributed by atoms with van der Waals surface area (Å²) in [6.07, 6.45) is 3.18. The van der Waals surface area contributed by atoms with Crippen LogP contribution in [-0.2, 0) is 6.42 Å². The van der Waals surface area contributed by atoms with E-state index in [0.717, 1.165) is 0 Å². The van der Waals surface area contributed by atoms with Crippen LogP contribution in [0.1, 0.15) is 5.89 Å². The van der Waals surface area contributed by atoms with Crippen molar-refractivity contribution in [1.29, 1.82) is 0 Å². The van der Waals surface area contributed by atoms with Crippen LogP contribution in [0.5, 0.6) is 5.75 Å². The zero-order chi connectivity index (χ0) is 12.1. The van der Waals surface area contributed by atoms with Crippen LogP contribution in [0.25, 0.3) is 0 Å². The number of nitrogens with one attached hydrogen (secondary N) is 2. The van der Waals surface area contributed by atoms with E-state index < -0.39 is 0 Å². The van der Waals surface area contributed by atoms with Crippen LogP contribution in [-0.4, -0.2) is 33.8 Å². The Kier molecular flexibility index (Phi) is 3.34. The molecule has 0 spiro atoms. The maximum absolute atomic E-state index is 11.4. The lowest BCUT2D eigenvalue weighted by atomic mass is 10.4. The van der Waals surface area contributed by atoms with Gasteiger partial charge in [0, 0.05) is 13.0 Å². The van der Waals surface area contributed by atoms with Gasteiger partial charge in [-0.1, -0.05) is 5.16 Å². The molecule has 0 bridgehead atoms. The van der Waals surface area contributed by atoms with Gasteiger partial charge in [0.2, 0.25) is 11.6 Å². The predicted octanol–water partition coefficient (Wildman–Crippen LogP) is -0.184. The van der Waals surface area contributed by atoms with Gasteiger partial charge in [0.1, 0.15) is 0 Å². The van der Waals surface area contributed by atoms with Crippen molar-refractivity contribution in [2.75, 3.05) is 19.0 Å². The third-order valence-corrected chi connectivity index (χ3v) is 2.05. The van der Waals surface area contributed by atoms with Crippen molar-refractivity contribution in [3.8, 4) is 5.75 Å². The molecular formula is C9H11N5O3. The molecule has 8 heteroatoms. The van der Waals surface area contributed by atoms with Crippen LogP contribution in [0.3, 0.4) is 0 Å². The van der Waals surface area contributed by atoms with E-state index in [0.29, 0.717) is 24.7 Å².